The highest BCUT2D eigenvalue weighted by molar-refractivity contribution is 7.80. The first kappa shape index (κ1) is 24.5. The molecule has 0 aliphatic rings. The van der Waals surface area contributed by atoms with Gasteiger partial charge in [-0.15, -0.1) is 0 Å². The average Bonchev–Trinajstić information content (AvgIpc) is 2.59. The molecule has 10 N–H and O–H groups in total. The fourth-order valence-electron chi connectivity index (χ4n) is 1.79. The number of nitrogens with zero attached hydrogens (tertiary/aromatic N) is 1. The summed E-state index contributed by atoms with van der Waals surface area (Å²) in [7, 11) is 0. The van der Waals surface area contributed by atoms with Crippen LogP contribution in [0.4, 0.5) is 0 Å². The molecule has 0 fully saturated rings. The van der Waals surface area contributed by atoms with Gasteiger partial charge in [0.05, 0.1) is 12.6 Å². The molecule has 0 aromatic heterocycles. The third-order valence-electron chi connectivity index (χ3n) is 3.23. The molecule has 0 bridgehead atoms. The van der Waals surface area contributed by atoms with Gasteiger partial charge in [0, 0.05) is 12.3 Å². The molecule has 154 valence electrons. The van der Waals surface area contributed by atoms with Crippen molar-refractivity contribution in [3.63, 3.8) is 0 Å². The van der Waals surface area contributed by atoms with Gasteiger partial charge in [-0.3, -0.25) is 19.4 Å². The number of nitrogens with two attached hydrogens (primary N) is 3. The number of guanidine groups is 1. The lowest BCUT2D eigenvalue weighted by molar-refractivity contribution is -0.142. The van der Waals surface area contributed by atoms with E-state index in [1.54, 1.807) is 0 Å². The van der Waals surface area contributed by atoms with Gasteiger partial charge in [-0.05, 0) is 19.8 Å². The predicted octanol–water partition coefficient (Wildman–Crippen LogP) is -3.51. The van der Waals surface area contributed by atoms with Gasteiger partial charge in [-0.2, -0.15) is 12.6 Å². The number of carboxylic acid groups (broad SMARTS) is 1. The van der Waals surface area contributed by atoms with Crippen LogP contribution in [0.1, 0.15) is 19.8 Å². The Hall–Kier alpha value is -2.54. The third kappa shape index (κ3) is 10.9. The van der Waals surface area contributed by atoms with Crippen LogP contribution in [0.3, 0.4) is 0 Å². The molecular weight excluding hydrogens is 378 g/mol. The van der Waals surface area contributed by atoms with Gasteiger partial charge < -0.3 is 38.3 Å². The highest BCUT2D eigenvalue weighted by atomic mass is 32.1. The number of aliphatic carboxylic acids is 1. The van der Waals surface area contributed by atoms with E-state index in [0.717, 1.165) is 0 Å². The quantitative estimate of drug-likeness (QED) is 0.0703. The van der Waals surface area contributed by atoms with Crippen molar-refractivity contribution in [1.82, 2.24) is 16.0 Å². The number of carboxylic acids is 1. The largest absolute Gasteiger partial charge is 0.480 e. The zero-order chi connectivity index (χ0) is 21.0. The summed E-state index contributed by atoms with van der Waals surface area (Å²) >= 11 is 3.96. The van der Waals surface area contributed by atoms with Gasteiger partial charge >= 0.3 is 5.97 Å². The smallest absolute Gasteiger partial charge is 0.326 e. The van der Waals surface area contributed by atoms with E-state index >= 15 is 0 Å². The van der Waals surface area contributed by atoms with E-state index in [0.29, 0.717) is 6.42 Å². The Kier molecular flexibility index (Phi) is 11.6. The highest BCUT2D eigenvalue weighted by Gasteiger charge is 2.23. The summed E-state index contributed by atoms with van der Waals surface area (Å²) in [6, 6.07) is -2.93. The number of carbonyl (C=O) groups is 4. The molecule has 0 rings (SSSR count). The number of aliphatic imine (C=N–C) groups is 1. The van der Waals surface area contributed by atoms with Crippen molar-refractivity contribution in [2.75, 3.05) is 18.8 Å². The van der Waals surface area contributed by atoms with Gasteiger partial charge in [-0.25, -0.2) is 4.79 Å². The van der Waals surface area contributed by atoms with Gasteiger partial charge in [-0.1, -0.05) is 0 Å². The van der Waals surface area contributed by atoms with Crippen LogP contribution < -0.4 is 33.2 Å². The van der Waals surface area contributed by atoms with Gasteiger partial charge in [0.25, 0.3) is 0 Å². The standard InChI is InChI=1S/C14H27N7O5S/c1-7(15)11(23)21-9(6-27)12(24)19-5-10(22)20-8(13(25)26)3-2-4-18-14(16)17/h7-9,27H,2-6,15H2,1H3,(H,19,24)(H,20,22)(H,21,23)(H,25,26)(H4,16,17,18). The van der Waals surface area contributed by atoms with E-state index in [4.69, 9.17) is 22.3 Å². The normalized spacial score (nSPS) is 13.6. The average molecular weight is 405 g/mol. The van der Waals surface area contributed by atoms with Crippen LogP contribution in [0, 0.1) is 0 Å². The number of rotatable bonds is 12. The van der Waals surface area contributed by atoms with Crippen molar-refractivity contribution < 1.29 is 24.3 Å². The maximum Gasteiger partial charge on any atom is 0.326 e. The minimum Gasteiger partial charge on any atom is -0.480 e. The zero-order valence-electron chi connectivity index (χ0n) is 15.0. The SMILES string of the molecule is CC(N)C(=O)NC(CS)C(=O)NCC(=O)NC(CCCN=C(N)N)C(=O)O. The molecule has 0 aromatic rings. The molecule has 0 spiro atoms. The van der Waals surface area contributed by atoms with Crippen LogP contribution in [0.25, 0.3) is 0 Å². The Balaban J connectivity index is 4.47. The summed E-state index contributed by atoms with van der Waals surface area (Å²) in [5.74, 6) is -3.22. The Bertz CT molecular complexity index is 566. The maximum absolute atomic E-state index is 12.0. The monoisotopic (exact) mass is 405 g/mol. The molecule has 3 amide bonds. The molecule has 0 aliphatic heterocycles. The highest BCUT2D eigenvalue weighted by Crippen LogP contribution is 1.98. The van der Waals surface area contributed by atoms with Gasteiger partial charge in [0.2, 0.25) is 17.7 Å². The number of hydrogen-bond acceptors (Lipinski definition) is 7. The van der Waals surface area contributed by atoms with Crippen LogP contribution in [-0.2, 0) is 19.2 Å². The number of amides is 3. The molecule has 3 atom stereocenters. The van der Waals surface area contributed by atoms with E-state index in [1.807, 2.05) is 0 Å². The summed E-state index contributed by atoms with van der Waals surface area (Å²) in [4.78, 5) is 50.3. The lowest BCUT2D eigenvalue weighted by atomic mass is 10.1. The molecule has 0 radical (unpaired) electrons. The van der Waals surface area contributed by atoms with Crippen molar-refractivity contribution in [2.45, 2.75) is 37.9 Å². The zero-order valence-corrected chi connectivity index (χ0v) is 15.9. The Morgan fingerprint density at radius 2 is 1.74 bits per heavy atom. The van der Waals surface area contributed by atoms with Crippen molar-refractivity contribution >= 4 is 42.3 Å². The van der Waals surface area contributed by atoms with E-state index in [2.05, 4.69) is 33.6 Å². The van der Waals surface area contributed by atoms with E-state index in [1.165, 1.54) is 6.92 Å². The lowest BCUT2D eigenvalue weighted by Gasteiger charge is -2.18. The summed E-state index contributed by atoms with van der Waals surface area (Å²) in [5, 5.41) is 16.1. The van der Waals surface area contributed by atoms with E-state index in [-0.39, 0.29) is 24.7 Å². The molecule has 0 saturated heterocycles. The number of hydrogen-bond donors (Lipinski definition) is 8. The Labute approximate surface area is 162 Å². The summed E-state index contributed by atoms with van der Waals surface area (Å²) in [5.41, 5.74) is 15.7. The Morgan fingerprint density at radius 3 is 2.22 bits per heavy atom. The second-order valence-corrected chi connectivity index (χ2v) is 6.02. The number of carbonyl (C=O) groups excluding carboxylic acids is 3. The van der Waals surface area contributed by atoms with Crippen molar-refractivity contribution in [1.29, 1.82) is 0 Å². The molecule has 0 aliphatic carbocycles. The molecular formula is C14H27N7O5S. The molecule has 3 unspecified atom stereocenters. The van der Waals surface area contributed by atoms with E-state index < -0.39 is 48.4 Å². The molecule has 0 heterocycles. The van der Waals surface area contributed by atoms with Crippen molar-refractivity contribution in [2.24, 2.45) is 22.2 Å². The molecule has 27 heavy (non-hydrogen) atoms. The molecule has 12 nitrogen and oxygen atoms in total. The topological polar surface area (TPSA) is 215 Å². The fraction of sp³-hybridized carbons (Fsp3) is 0.643. The summed E-state index contributed by atoms with van der Waals surface area (Å²) in [6.07, 6.45) is 0.446. The van der Waals surface area contributed by atoms with Gasteiger partial charge in [0.1, 0.15) is 12.1 Å². The van der Waals surface area contributed by atoms with Crippen LogP contribution in [0.5, 0.6) is 0 Å². The number of nitrogens with one attached hydrogen (secondary N) is 3. The number of thiol groups is 1. The second-order valence-electron chi connectivity index (χ2n) is 5.66. The van der Waals surface area contributed by atoms with Crippen molar-refractivity contribution in [3.05, 3.63) is 0 Å². The lowest BCUT2D eigenvalue weighted by Crippen LogP contribution is -2.53. The third-order valence-corrected chi connectivity index (χ3v) is 3.60. The molecule has 0 aromatic carbocycles. The minimum atomic E-state index is -1.23. The summed E-state index contributed by atoms with van der Waals surface area (Å²) in [6.45, 7) is 1.21. The van der Waals surface area contributed by atoms with Crippen LogP contribution >= 0.6 is 12.6 Å². The first-order valence-electron chi connectivity index (χ1n) is 8.10. The van der Waals surface area contributed by atoms with Crippen molar-refractivity contribution in [3.8, 4) is 0 Å². The first-order valence-corrected chi connectivity index (χ1v) is 8.73. The Morgan fingerprint density at radius 1 is 1.11 bits per heavy atom. The van der Waals surface area contributed by atoms with E-state index in [9.17, 15) is 19.2 Å². The second kappa shape index (κ2) is 12.8. The molecule has 13 heteroatoms. The van der Waals surface area contributed by atoms with Crippen LogP contribution in [0.2, 0.25) is 0 Å². The predicted molar refractivity (Wildman–Crippen MR) is 102 cm³/mol. The maximum atomic E-state index is 12.0. The first-order chi connectivity index (χ1) is 12.6. The van der Waals surface area contributed by atoms with Crippen LogP contribution in [-0.4, -0.2) is 71.7 Å². The van der Waals surface area contributed by atoms with Crippen LogP contribution in [0.15, 0.2) is 4.99 Å². The summed E-state index contributed by atoms with van der Waals surface area (Å²) < 4.78 is 0. The van der Waals surface area contributed by atoms with Gasteiger partial charge in [0.15, 0.2) is 5.96 Å². The minimum absolute atomic E-state index is 0.00550. The fourth-order valence-corrected chi connectivity index (χ4v) is 2.05. The molecule has 0 saturated carbocycles.